The van der Waals surface area contributed by atoms with Crippen LogP contribution in [0.15, 0.2) is 66.7 Å². The van der Waals surface area contributed by atoms with E-state index >= 15 is 0 Å². The molecule has 0 bridgehead atoms. The molecular weight excluding hydrogens is 339 g/mol. The lowest BCUT2D eigenvalue weighted by Gasteiger charge is -2.14. The molecule has 0 heterocycles. The van der Waals surface area contributed by atoms with Crippen molar-refractivity contribution in [1.82, 2.24) is 0 Å². The molecule has 0 aliphatic heterocycles. The van der Waals surface area contributed by atoms with Gasteiger partial charge < -0.3 is 4.74 Å². The molecule has 0 radical (unpaired) electrons. The van der Waals surface area contributed by atoms with Gasteiger partial charge in [-0.15, -0.1) is 0 Å². The Hall–Kier alpha value is -2.44. The van der Waals surface area contributed by atoms with Crippen LogP contribution in [-0.2, 0) is 6.61 Å². The van der Waals surface area contributed by atoms with Crippen LogP contribution >= 0.6 is 8.58 Å². The molecule has 26 heavy (non-hydrogen) atoms. The summed E-state index contributed by atoms with van der Waals surface area (Å²) < 4.78 is 6.10. The smallest absolute Gasteiger partial charge is 0.160 e. The quantitative estimate of drug-likeness (QED) is 0.469. The van der Waals surface area contributed by atoms with Crippen LogP contribution in [0, 0.1) is 13.8 Å². The molecule has 3 rings (SSSR count). The van der Waals surface area contributed by atoms with Crippen molar-refractivity contribution in [3.05, 3.63) is 89.0 Å². The maximum Gasteiger partial charge on any atom is 0.160 e. The lowest BCUT2D eigenvalue weighted by atomic mass is 10.1. The van der Waals surface area contributed by atoms with Gasteiger partial charge in [-0.05, 0) is 49.8 Å². The Kier molecular flexibility index (Phi) is 5.85. The summed E-state index contributed by atoms with van der Waals surface area (Å²) in [6.45, 7) is 6.26. The highest BCUT2D eigenvalue weighted by Gasteiger charge is 2.12. The average molecular weight is 362 g/mol. The van der Waals surface area contributed by atoms with E-state index in [4.69, 9.17) is 4.74 Å². The lowest BCUT2D eigenvalue weighted by Crippen LogP contribution is -2.14. The molecule has 1 atom stereocenters. The average Bonchev–Trinajstić information content (AvgIpc) is 2.63. The van der Waals surface area contributed by atoms with Crippen molar-refractivity contribution in [3.8, 4) is 5.75 Å². The number of aryl methyl sites for hydroxylation is 2. The minimum Gasteiger partial charge on any atom is -0.488 e. The number of hydrogen-bond acceptors (Lipinski definition) is 2. The number of ketones is 1. The van der Waals surface area contributed by atoms with Gasteiger partial charge in [-0.2, -0.15) is 0 Å². The minimum atomic E-state index is 0.107. The van der Waals surface area contributed by atoms with Gasteiger partial charge in [0.25, 0.3) is 0 Å². The van der Waals surface area contributed by atoms with E-state index in [2.05, 4.69) is 43.3 Å². The van der Waals surface area contributed by atoms with E-state index in [9.17, 15) is 4.79 Å². The monoisotopic (exact) mass is 362 g/mol. The second-order valence-corrected chi connectivity index (χ2v) is 7.83. The molecule has 0 aliphatic carbocycles. The molecule has 0 saturated carbocycles. The maximum absolute atomic E-state index is 12.0. The highest BCUT2D eigenvalue weighted by Crippen LogP contribution is 2.23. The van der Waals surface area contributed by atoms with Crippen molar-refractivity contribution in [1.29, 1.82) is 0 Å². The minimum absolute atomic E-state index is 0.107. The molecule has 0 spiro atoms. The summed E-state index contributed by atoms with van der Waals surface area (Å²) in [6, 6.07) is 22.5. The van der Waals surface area contributed by atoms with E-state index in [0.29, 0.717) is 15.2 Å². The van der Waals surface area contributed by atoms with E-state index < -0.39 is 0 Å². The van der Waals surface area contributed by atoms with Gasteiger partial charge in [-0.3, -0.25) is 4.79 Å². The zero-order chi connectivity index (χ0) is 18.5. The first-order chi connectivity index (χ1) is 12.5. The summed E-state index contributed by atoms with van der Waals surface area (Å²) in [4.78, 5) is 12.0. The van der Waals surface area contributed by atoms with Crippen molar-refractivity contribution in [2.45, 2.75) is 27.4 Å². The Bertz CT molecular complexity index is 917. The summed E-state index contributed by atoms with van der Waals surface area (Å²) in [5, 5.41) is 2.20. The number of carbonyl (C=O) groups excluding carboxylic acids is 1. The first-order valence-corrected chi connectivity index (χ1v) is 9.69. The van der Waals surface area contributed by atoms with Crippen LogP contribution in [0.5, 0.6) is 5.75 Å². The van der Waals surface area contributed by atoms with E-state index in [1.165, 1.54) is 5.56 Å². The number of hydrogen-bond donors (Lipinski definition) is 0. The first-order valence-electron chi connectivity index (χ1n) is 8.69. The molecule has 0 fully saturated rings. The number of ether oxygens (including phenoxy) is 1. The molecule has 1 unspecified atom stereocenters. The predicted octanol–water partition coefficient (Wildman–Crippen LogP) is 4.71. The van der Waals surface area contributed by atoms with Crippen LogP contribution in [-0.4, -0.2) is 5.78 Å². The van der Waals surface area contributed by atoms with E-state index in [1.54, 1.807) is 6.92 Å². The van der Waals surface area contributed by atoms with E-state index in [-0.39, 0.29) is 5.78 Å². The lowest BCUT2D eigenvalue weighted by molar-refractivity contribution is 0.101. The Labute approximate surface area is 157 Å². The third kappa shape index (κ3) is 4.59. The van der Waals surface area contributed by atoms with Crippen molar-refractivity contribution in [3.63, 3.8) is 0 Å². The number of carbonyl (C=O) groups is 1. The van der Waals surface area contributed by atoms with Gasteiger partial charge in [0.15, 0.2) is 5.78 Å². The van der Waals surface area contributed by atoms with Gasteiger partial charge in [-0.25, -0.2) is 0 Å². The molecular formula is C23H23O2P. The molecule has 3 aromatic rings. The van der Waals surface area contributed by atoms with E-state index in [1.807, 2.05) is 37.3 Å². The second kappa shape index (κ2) is 8.29. The number of Topliss-reactive ketones (excluding diaryl/α,β-unsaturated/α-hetero) is 1. The highest BCUT2D eigenvalue weighted by atomic mass is 31.1. The highest BCUT2D eigenvalue weighted by molar-refractivity contribution is 7.56. The third-order valence-electron chi connectivity index (χ3n) is 4.20. The van der Waals surface area contributed by atoms with Gasteiger partial charge >= 0.3 is 0 Å². The zero-order valence-corrected chi connectivity index (χ0v) is 16.4. The molecule has 3 heteroatoms. The van der Waals surface area contributed by atoms with Crippen LogP contribution in [0.25, 0.3) is 0 Å². The van der Waals surface area contributed by atoms with Crippen LogP contribution in [0.3, 0.4) is 0 Å². The fraction of sp³-hybridized carbons (Fsp3) is 0.174. The topological polar surface area (TPSA) is 26.3 Å². The van der Waals surface area contributed by atoms with Gasteiger partial charge in [-0.1, -0.05) is 68.2 Å². The molecule has 0 amide bonds. The summed E-state index contributed by atoms with van der Waals surface area (Å²) in [5.74, 6) is 0.989. The van der Waals surface area contributed by atoms with Crippen LogP contribution in [0.2, 0.25) is 0 Å². The third-order valence-corrected chi connectivity index (χ3v) is 5.56. The first kappa shape index (κ1) is 18.4. The Morgan fingerprint density at radius 1 is 0.885 bits per heavy atom. The SMILES string of the molecule is CC(=O)c1cc(C)ccc1Pc1cc(C)ccc1OCc1ccccc1. The molecule has 0 N–H and O–H groups in total. The van der Waals surface area contributed by atoms with Gasteiger partial charge in [0.2, 0.25) is 0 Å². The molecule has 0 aromatic heterocycles. The number of benzene rings is 3. The summed E-state index contributed by atoms with van der Waals surface area (Å²) in [5.41, 5.74) is 4.24. The van der Waals surface area contributed by atoms with Gasteiger partial charge in [0.05, 0.1) is 0 Å². The largest absolute Gasteiger partial charge is 0.488 e. The fourth-order valence-electron chi connectivity index (χ4n) is 2.81. The van der Waals surface area contributed by atoms with Gasteiger partial charge in [0.1, 0.15) is 12.4 Å². The Morgan fingerprint density at radius 3 is 2.31 bits per heavy atom. The fourth-order valence-corrected chi connectivity index (χ4v) is 4.22. The van der Waals surface area contributed by atoms with Crippen molar-refractivity contribution < 1.29 is 9.53 Å². The second-order valence-electron chi connectivity index (χ2n) is 6.50. The molecule has 2 nitrogen and oxygen atoms in total. The normalized spacial score (nSPS) is 11.0. The van der Waals surface area contributed by atoms with E-state index in [0.717, 1.165) is 33.0 Å². The standard InChI is InChI=1S/C23H23O2P/c1-16-10-12-22(20(13-16)18(3)24)26-23-14-17(2)9-11-21(23)25-15-19-7-5-4-6-8-19/h4-14,26H,15H2,1-3H3. The molecule has 0 saturated heterocycles. The summed E-state index contributed by atoms with van der Waals surface area (Å²) in [7, 11) is 0.382. The van der Waals surface area contributed by atoms with Crippen LogP contribution < -0.4 is 15.3 Å². The zero-order valence-electron chi connectivity index (χ0n) is 15.4. The Morgan fingerprint density at radius 2 is 1.58 bits per heavy atom. The molecule has 3 aromatic carbocycles. The van der Waals surface area contributed by atoms with Crippen molar-refractivity contribution >= 4 is 25.0 Å². The molecule has 132 valence electrons. The van der Waals surface area contributed by atoms with Gasteiger partial charge in [0, 0.05) is 10.9 Å². The summed E-state index contributed by atoms with van der Waals surface area (Å²) >= 11 is 0. The number of rotatable bonds is 6. The maximum atomic E-state index is 12.0. The molecule has 0 aliphatic rings. The van der Waals surface area contributed by atoms with Crippen LogP contribution in [0.1, 0.15) is 34.0 Å². The Balaban J connectivity index is 1.88. The summed E-state index contributed by atoms with van der Waals surface area (Å²) in [6.07, 6.45) is 0. The van der Waals surface area contributed by atoms with Crippen LogP contribution in [0.4, 0.5) is 0 Å². The van der Waals surface area contributed by atoms with Crippen molar-refractivity contribution in [2.24, 2.45) is 0 Å². The van der Waals surface area contributed by atoms with Crippen molar-refractivity contribution in [2.75, 3.05) is 0 Å². The predicted molar refractivity (Wildman–Crippen MR) is 111 cm³/mol.